The highest BCUT2D eigenvalue weighted by atomic mass is 32.1. The molecule has 1 saturated heterocycles. The van der Waals surface area contributed by atoms with E-state index in [1.165, 1.54) is 9.88 Å². The number of carbonyl (C=O) groups excluding carboxylic acids is 1. The first-order valence-corrected chi connectivity index (χ1v) is 9.04. The van der Waals surface area contributed by atoms with Gasteiger partial charge in [-0.3, -0.25) is 4.79 Å². The zero-order valence-electron chi connectivity index (χ0n) is 12.5. The lowest BCUT2D eigenvalue weighted by molar-refractivity contribution is -0.132. The van der Waals surface area contributed by atoms with Crippen LogP contribution in [0.1, 0.15) is 35.2 Å². The average Bonchev–Trinajstić information content (AvgIpc) is 3.11. The van der Waals surface area contributed by atoms with E-state index in [1.807, 2.05) is 22.5 Å². The molecule has 0 aromatic carbocycles. The van der Waals surface area contributed by atoms with Gasteiger partial charge in [-0.25, -0.2) is 4.98 Å². The highest BCUT2D eigenvalue weighted by Gasteiger charge is 2.35. The van der Waals surface area contributed by atoms with Gasteiger partial charge in [0.05, 0.1) is 11.4 Å². The fourth-order valence-electron chi connectivity index (χ4n) is 2.78. The minimum Gasteiger partial charge on any atom is -0.342 e. The Morgan fingerprint density at radius 2 is 2.19 bits per heavy atom. The molecule has 3 rings (SSSR count). The fourth-order valence-corrected chi connectivity index (χ4v) is 4.41. The maximum atomic E-state index is 12.3. The van der Waals surface area contributed by atoms with Crippen molar-refractivity contribution >= 4 is 28.6 Å². The summed E-state index contributed by atoms with van der Waals surface area (Å²) in [5.41, 5.74) is 1.27. The molecular weight excluding hydrogens is 300 g/mol. The van der Waals surface area contributed by atoms with Crippen LogP contribution in [0.25, 0.3) is 0 Å². The molecule has 0 radical (unpaired) electrons. The summed E-state index contributed by atoms with van der Waals surface area (Å²) in [5.74, 6) is 0.255. The Balaban J connectivity index is 1.61. The van der Waals surface area contributed by atoms with Crippen molar-refractivity contribution in [1.29, 1.82) is 0 Å². The van der Waals surface area contributed by atoms with Gasteiger partial charge in [-0.15, -0.1) is 11.3 Å². The lowest BCUT2D eigenvalue weighted by Crippen LogP contribution is -2.44. The van der Waals surface area contributed by atoms with Gasteiger partial charge in [0.25, 0.3) is 0 Å². The van der Waals surface area contributed by atoms with Gasteiger partial charge in [0.1, 0.15) is 0 Å². The van der Waals surface area contributed by atoms with Crippen molar-refractivity contribution in [2.45, 2.75) is 38.5 Å². The first-order valence-electron chi connectivity index (χ1n) is 7.29. The Labute approximate surface area is 133 Å². The normalized spacial score (nSPS) is 17.9. The smallest absolute Gasteiger partial charge is 0.227 e. The van der Waals surface area contributed by atoms with Crippen LogP contribution in [0.3, 0.4) is 0 Å². The van der Waals surface area contributed by atoms with Gasteiger partial charge in [0.2, 0.25) is 5.91 Å². The zero-order chi connectivity index (χ0) is 14.9. The van der Waals surface area contributed by atoms with Gasteiger partial charge < -0.3 is 4.90 Å². The quantitative estimate of drug-likeness (QED) is 0.865. The molecule has 2 aromatic rings. The number of hydrogen-bond acceptors (Lipinski definition) is 4. The number of likely N-dealkylation sites (tertiary alicyclic amines) is 1. The maximum Gasteiger partial charge on any atom is 0.227 e. The summed E-state index contributed by atoms with van der Waals surface area (Å²) in [6, 6.07) is 2.04. The number of amides is 1. The molecule has 5 heteroatoms. The van der Waals surface area contributed by atoms with Gasteiger partial charge in [0.15, 0.2) is 0 Å². The van der Waals surface area contributed by atoms with Crippen molar-refractivity contribution < 1.29 is 4.79 Å². The summed E-state index contributed by atoms with van der Waals surface area (Å²) in [6.07, 6.45) is 4.51. The van der Waals surface area contributed by atoms with Crippen LogP contribution in [-0.2, 0) is 16.6 Å². The van der Waals surface area contributed by atoms with Crippen LogP contribution < -0.4 is 0 Å². The summed E-state index contributed by atoms with van der Waals surface area (Å²) in [5, 5.41) is 5.32. The van der Waals surface area contributed by atoms with E-state index < -0.39 is 0 Å². The van der Waals surface area contributed by atoms with Crippen LogP contribution in [0, 0.1) is 6.92 Å². The third-order valence-electron chi connectivity index (χ3n) is 4.29. The Bertz CT molecular complexity index is 610. The lowest BCUT2D eigenvalue weighted by atomic mass is 9.81. The van der Waals surface area contributed by atoms with Crippen molar-refractivity contribution in [3.63, 3.8) is 0 Å². The Morgan fingerprint density at radius 3 is 2.76 bits per heavy atom. The molecule has 0 bridgehead atoms. The largest absolute Gasteiger partial charge is 0.342 e. The molecule has 0 aliphatic carbocycles. The molecular formula is C16H20N2OS2. The van der Waals surface area contributed by atoms with E-state index in [0.717, 1.165) is 31.5 Å². The van der Waals surface area contributed by atoms with E-state index in [-0.39, 0.29) is 11.3 Å². The molecule has 3 nitrogen and oxygen atoms in total. The molecule has 0 unspecified atom stereocenters. The number of carbonyl (C=O) groups is 1. The van der Waals surface area contributed by atoms with Gasteiger partial charge in [-0.1, -0.05) is 6.92 Å². The van der Waals surface area contributed by atoms with E-state index >= 15 is 0 Å². The first-order chi connectivity index (χ1) is 10.1. The average molecular weight is 320 g/mol. The summed E-state index contributed by atoms with van der Waals surface area (Å²) in [6.45, 7) is 6.08. The Kier molecular flexibility index (Phi) is 4.13. The van der Waals surface area contributed by atoms with E-state index in [4.69, 9.17) is 0 Å². The predicted octanol–water partition coefficient (Wildman–Crippen LogP) is 3.64. The van der Waals surface area contributed by atoms with Crippen LogP contribution in [0.4, 0.5) is 0 Å². The van der Waals surface area contributed by atoms with Crippen LogP contribution in [0.5, 0.6) is 0 Å². The van der Waals surface area contributed by atoms with Crippen LogP contribution in [-0.4, -0.2) is 28.9 Å². The number of thiophene rings is 1. The van der Waals surface area contributed by atoms with Crippen LogP contribution in [0.15, 0.2) is 23.0 Å². The van der Waals surface area contributed by atoms with Gasteiger partial charge in [-0.2, -0.15) is 11.3 Å². The molecule has 112 valence electrons. The highest BCUT2D eigenvalue weighted by Crippen LogP contribution is 2.37. The third kappa shape index (κ3) is 3.19. The lowest BCUT2D eigenvalue weighted by Gasteiger charge is -2.38. The number of hydrogen-bond donors (Lipinski definition) is 0. The minimum absolute atomic E-state index is 0.137. The van der Waals surface area contributed by atoms with Crippen LogP contribution >= 0.6 is 22.7 Å². The number of rotatable bonds is 3. The molecule has 1 aliphatic heterocycles. The standard InChI is InChI=1S/C16H20N2OS2/c1-12-10-17-15(21-12)16(2)4-6-18(7-5-16)14(19)9-13-3-8-20-11-13/h3,8,10-11H,4-7,9H2,1-2H3. The van der Waals surface area contributed by atoms with E-state index in [1.54, 1.807) is 22.7 Å². The molecule has 21 heavy (non-hydrogen) atoms. The van der Waals surface area contributed by atoms with E-state index in [2.05, 4.69) is 24.2 Å². The minimum atomic E-state index is 0.137. The van der Waals surface area contributed by atoms with Crippen molar-refractivity contribution in [2.24, 2.45) is 0 Å². The highest BCUT2D eigenvalue weighted by molar-refractivity contribution is 7.11. The topological polar surface area (TPSA) is 33.2 Å². The van der Waals surface area contributed by atoms with Crippen molar-refractivity contribution in [1.82, 2.24) is 9.88 Å². The molecule has 3 heterocycles. The van der Waals surface area contributed by atoms with Crippen molar-refractivity contribution in [3.05, 3.63) is 38.5 Å². The molecule has 1 aliphatic rings. The predicted molar refractivity (Wildman–Crippen MR) is 88.0 cm³/mol. The number of nitrogens with zero attached hydrogens (tertiary/aromatic N) is 2. The molecule has 1 fully saturated rings. The van der Waals surface area contributed by atoms with Crippen LogP contribution in [0.2, 0.25) is 0 Å². The molecule has 0 N–H and O–H groups in total. The molecule has 0 saturated carbocycles. The Morgan fingerprint density at radius 1 is 1.43 bits per heavy atom. The number of aromatic nitrogens is 1. The van der Waals surface area contributed by atoms with E-state index in [9.17, 15) is 4.79 Å². The molecule has 1 amide bonds. The summed E-state index contributed by atoms with van der Waals surface area (Å²) < 4.78 is 0. The van der Waals surface area contributed by atoms with Gasteiger partial charge in [-0.05, 0) is 42.2 Å². The second kappa shape index (κ2) is 5.89. The van der Waals surface area contributed by atoms with Crippen molar-refractivity contribution in [3.8, 4) is 0 Å². The molecule has 0 spiro atoms. The number of piperidine rings is 1. The van der Waals surface area contributed by atoms with Gasteiger partial charge in [0, 0.05) is 29.6 Å². The molecule has 2 aromatic heterocycles. The van der Waals surface area contributed by atoms with Crippen molar-refractivity contribution in [2.75, 3.05) is 13.1 Å². The summed E-state index contributed by atoms with van der Waals surface area (Å²) in [4.78, 5) is 20.2. The Hall–Kier alpha value is -1.20. The summed E-state index contributed by atoms with van der Waals surface area (Å²) >= 11 is 3.44. The zero-order valence-corrected chi connectivity index (χ0v) is 14.1. The third-order valence-corrected chi connectivity index (χ3v) is 6.24. The van der Waals surface area contributed by atoms with E-state index in [0.29, 0.717) is 6.42 Å². The number of thiazole rings is 1. The van der Waals surface area contributed by atoms with Gasteiger partial charge >= 0.3 is 0 Å². The SMILES string of the molecule is Cc1cnc(C2(C)CCN(C(=O)Cc3ccsc3)CC2)s1. The first kappa shape index (κ1) is 14.7. The second-order valence-corrected chi connectivity index (χ2v) is 8.04. The molecule has 0 atom stereocenters. The summed E-state index contributed by atoms with van der Waals surface area (Å²) in [7, 11) is 0. The monoisotopic (exact) mass is 320 g/mol. The maximum absolute atomic E-state index is 12.3. The fraction of sp³-hybridized carbons (Fsp3) is 0.500. The second-order valence-electron chi connectivity index (χ2n) is 6.03. The number of aryl methyl sites for hydroxylation is 1.